The maximum atomic E-state index is 11.6. The molecule has 1 aromatic rings. The number of fused-ring (bicyclic) bond motifs is 1. The maximum Gasteiger partial charge on any atom is 0.236 e. The number of carbonyl (C=O) groups excluding carboxylic acids is 1. The van der Waals surface area contributed by atoms with E-state index in [9.17, 15) is 4.79 Å². The van der Waals surface area contributed by atoms with Crippen molar-refractivity contribution in [1.29, 1.82) is 0 Å². The number of nitrogens with one attached hydrogen (secondary N) is 1. The molecule has 0 aromatic heterocycles. The molecule has 104 valence electrons. The van der Waals surface area contributed by atoms with Crippen molar-refractivity contribution in [3.63, 3.8) is 0 Å². The number of aryl methyl sites for hydroxylation is 1. The van der Waals surface area contributed by atoms with Crippen LogP contribution in [0.25, 0.3) is 0 Å². The second kappa shape index (κ2) is 6.06. The van der Waals surface area contributed by atoms with Crippen LogP contribution in [0.2, 0.25) is 0 Å². The van der Waals surface area contributed by atoms with E-state index < -0.39 is 0 Å². The predicted octanol–water partition coefficient (Wildman–Crippen LogP) is 1.75. The molecular weight excluding hydrogens is 240 g/mol. The number of benzene rings is 1. The van der Waals surface area contributed by atoms with Crippen molar-refractivity contribution in [2.75, 3.05) is 27.7 Å². The molecule has 0 saturated heterocycles. The molecule has 4 nitrogen and oxygen atoms in total. The highest BCUT2D eigenvalue weighted by atomic mass is 16.5. The van der Waals surface area contributed by atoms with Crippen LogP contribution >= 0.6 is 0 Å². The van der Waals surface area contributed by atoms with Crippen molar-refractivity contribution in [1.82, 2.24) is 10.2 Å². The second-order valence-corrected chi connectivity index (χ2v) is 5.18. The van der Waals surface area contributed by atoms with Crippen molar-refractivity contribution in [2.45, 2.75) is 25.3 Å². The van der Waals surface area contributed by atoms with E-state index in [-0.39, 0.29) is 11.9 Å². The quantitative estimate of drug-likeness (QED) is 0.899. The summed E-state index contributed by atoms with van der Waals surface area (Å²) < 4.78 is 5.26. The van der Waals surface area contributed by atoms with E-state index in [0.717, 1.165) is 25.0 Å². The molecule has 1 N–H and O–H groups in total. The minimum absolute atomic E-state index is 0.112. The van der Waals surface area contributed by atoms with Gasteiger partial charge in [-0.1, -0.05) is 6.07 Å². The molecular formula is C15H22N2O2. The van der Waals surface area contributed by atoms with E-state index in [0.29, 0.717) is 6.54 Å². The van der Waals surface area contributed by atoms with Gasteiger partial charge < -0.3 is 15.0 Å². The molecule has 1 amide bonds. The fraction of sp³-hybridized carbons (Fsp3) is 0.533. The molecule has 1 aliphatic carbocycles. The Labute approximate surface area is 114 Å². The summed E-state index contributed by atoms with van der Waals surface area (Å²) in [5, 5.41) is 3.36. The fourth-order valence-corrected chi connectivity index (χ4v) is 2.50. The van der Waals surface area contributed by atoms with Gasteiger partial charge in [0.25, 0.3) is 0 Å². The lowest BCUT2D eigenvalue weighted by Crippen LogP contribution is -2.36. The highest BCUT2D eigenvalue weighted by Crippen LogP contribution is 2.31. The van der Waals surface area contributed by atoms with E-state index in [1.807, 2.05) is 6.07 Å². The monoisotopic (exact) mass is 262 g/mol. The Morgan fingerprint density at radius 3 is 2.95 bits per heavy atom. The van der Waals surface area contributed by atoms with Crippen LogP contribution in [0, 0.1) is 0 Å². The molecule has 0 aliphatic heterocycles. The minimum Gasteiger partial charge on any atom is -0.497 e. The van der Waals surface area contributed by atoms with Crippen molar-refractivity contribution in [3.05, 3.63) is 29.3 Å². The molecule has 1 aliphatic rings. The van der Waals surface area contributed by atoms with E-state index in [1.165, 1.54) is 11.1 Å². The first-order valence-electron chi connectivity index (χ1n) is 6.72. The Balaban J connectivity index is 2.07. The van der Waals surface area contributed by atoms with Gasteiger partial charge >= 0.3 is 0 Å². The summed E-state index contributed by atoms with van der Waals surface area (Å²) in [6, 6.07) is 6.49. The third-order valence-electron chi connectivity index (χ3n) is 3.66. The minimum atomic E-state index is 0.112. The lowest BCUT2D eigenvalue weighted by Gasteiger charge is -2.27. The second-order valence-electron chi connectivity index (χ2n) is 5.18. The van der Waals surface area contributed by atoms with Crippen LogP contribution in [0.15, 0.2) is 18.2 Å². The fourth-order valence-electron chi connectivity index (χ4n) is 2.50. The largest absolute Gasteiger partial charge is 0.497 e. The summed E-state index contributed by atoms with van der Waals surface area (Å²) >= 11 is 0. The number of methoxy groups -OCH3 is 1. The molecule has 1 aromatic carbocycles. The van der Waals surface area contributed by atoms with E-state index in [4.69, 9.17) is 4.74 Å². The van der Waals surface area contributed by atoms with Crippen LogP contribution in [-0.4, -0.2) is 38.6 Å². The van der Waals surface area contributed by atoms with Crippen molar-refractivity contribution >= 4 is 5.91 Å². The Bertz CT molecular complexity index is 457. The molecule has 0 spiro atoms. The maximum absolute atomic E-state index is 11.6. The highest BCUT2D eigenvalue weighted by molar-refractivity contribution is 5.77. The molecule has 2 rings (SSSR count). The Morgan fingerprint density at radius 2 is 2.26 bits per heavy atom. The van der Waals surface area contributed by atoms with Gasteiger partial charge in [0, 0.05) is 20.1 Å². The number of rotatable bonds is 4. The smallest absolute Gasteiger partial charge is 0.236 e. The van der Waals surface area contributed by atoms with Crippen LogP contribution in [-0.2, 0) is 11.2 Å². The van der Waals surface area contributed by atoms with Crippen LogP contribution in [0.5, 0.6) is 5.75 Å². The molecule has 0 heterocycles. The highest BCUT2D eigenvalue weighted by Gasteiger charge is 2.21. The summed E-state index contributed by atoms with van der Waals surface area (Å²) in [5.41, 5.74) is 2.64. The number of ether oxygens (including phenoxy) is 1. The summed E-state index contributed by atoms with van der Waals surface area (Å²) in [7, 11) is 5.25. The van der Waals surface area contributed by atoms with E-state index in [1.54, 1.807) is 26.1 Å². The topological polar surface area (TPSA) is 41.6 Å². The van der Waals surface area contributed by atoms with Gasteiger partial charge in [0.05, 0.1) is 13.7 Å². The predicted molar refractivity (Wildman–Crippen MR) is 75.4 cm³/mol. The number of likely N-dealkylation sites (N-methyl/N-ethyl adjacent to an activating group) is 1. The number of amides is 1. The molecule has 19 heavy (non-hydrogen) atoms. The average Bonchev–Trinajstić information content (AvgIpc) is 2.43. The number of carbonyl (C=O) groups is 1. The number of hydrogen-bond donors (Lipinski definition) is 1. The lowest BCUT2D eigenvalue weighted by atomic mass is 9.87. The molecule has 4 heteroatoms. The van der Waals surface area contributed by atoms with Gasteiger partial charge in [-0.15, -0.1) is 0 Å². The van der Waals surface area contributed by atoms with Crippen LogP contribution < -0.4 is 10.1 Å². The van der Waals surface area contributed by atoms with Crippen LogP contribution in [0.1, 0.15) is 30.0 Å². The zero-order valence-electron chi connectivity index (χ0n) is 11.9. The third-order valence-corrected chi connectivity index (χ3v) is 3.66. The zero-order chi connectivity index (χ0) is 13.8. The summed E-state index contributed by atoms with van der Waals surface area (Å²) in [5.74, 6) is 1.02. The van der Waals surface area contributed by atoms with Gasteiger partial charge in [0.1, 0.15) is 5.75 Å². The SMILES string of the molecule is COc1ccc2c(c1)CCCC2NCC(=O)N(C)C. The summed E-state index contributed by atoms with van der Waals surface area (Å²) in [6.07, 6.45) is 3.32. The van der Waals surface area contributed by atoms with Crippen molar-refractivity contribution < 1.29 is 9.53 Å². The molecule has 0 radical (unpaired) electrons. The Morgan fingerprint density at radius 1 is 1.47 bits per heavy atom. The third kappa shape index (κ3) is 3.26. The summed E-state index contributed by atoms with van der Waals surface area (Å²) in [4.78, 5) is 13.3. The average molecular weight is 262 g/mol. The van der Waals surface area contributed by atoms with Gasteiger partial charge in [-0.2, -0.15) is 0 Å². The van der Waals surface area contributed by atoms with Crippen LogP contribution in [0.3, 0.4) is 0 Å². The Kier molecular flexibility index (Phi) is 4.43. The van der Waals surface area contributed by atoms with Gasteiger partial charge in [-0.05, 0) is 42.5 Å². The van der Waals surface area contributed by atoms with E-state index in [2.05, 4.69) is 17.4 Å². The van der Waals surface area contributed by atoms with Crippen molar-refractivity contribution in [3.8, 4) is 5.75 Å². The molecule has 1 atom stereocenters. The van der Waals surface area contributed by atoms with E-state index >= 15 is 0 Å². The molecule has 0 bridgehead atoms. The summed E-state index contributed by atoms with van der Waals surface area (Å²) in [6.45, 7) is 0.392. The number of nitrogens with zero attached hydrogens (tertiary/aromatic N) is 1. The molecule has 1 unspecified atom stereocenters. The first-order chi connectivity index (χ1) is 9.11. The van der Waals surface area contributed by atoms with Gasteiger partial charge in [0.2, 0.25) is 5.91 Å². The normalized spacial score (nSPS) is 17.7. The first kappa shape index (κ1) is 13.9. The Hall–Kier alpha value is -1.55. The van der Waals surface area contributed by atoms with Gasteiger partial charge in [0.15, 0.2) is 0 Å². The van der Waals surface area contributed by atoms with Crippen LogP contribution in [0.4, 0.5) is 0 Å². The lowest BCUT2D eigenvalue weighted by molar-refractivity contribution is -0.127. The van der Waals surface area contributed by atoms with Gasteiger partial charge in [-0.25, -0.2) is 0 Å². The van der Waals surface area contributed by atoms with Gasteiger partial charge in [-0.3, -0.25) is 4.79 Å². The zero-order valence-corrected chi connectivity index (χ0v) is 11.9. The number of hydrogen-bond acceptors (Lipinski definition) is 3. The molecule has 0 saturated carbocycles. The molecule has 0 fully saturated rings. The standard InChI is InChI=1S/C15H22N2O2/c1-17(2)15(18)10-16-14-6-4-5-11-9-12(19-3)7-8-13(11)14/h7-9,14,16H,4-6,10H2,1-3H3. The first-order valence-corrected chi connectivity index (χ1v) is 6.72. The van der Waals surface area contributed by atoms with Crippen molar-refractivity contribution in [2.24, 2.45) is 0 Å².